The lowest BCUT2D eigenvalue weighted by atomic mass is 9.94. The second-order valence-corrected chi connectivity index (χ2v) is 7.93. The fourth-order valence-electron chi connectivity index (χ4n) is 3.91. The van der Waals surface area contributed by atoms with Crippen molar-refractivity contribution in [3.63, 3.8) is 0 Å². The van der Waals surface area contributed by atoms with Gasteiger partial charge < -0.3 is 18.9 Å². The van der Waals surface area contributed by atoms with Crippen molar-refractivity contribution in [2.24, 2.45) is 0 Å². The molecule has 0 unspecified atom stereocenters. The molecule has 0 aliphatic carbocycles. The summed E-state index contributed by atoms with van der Waals surface area (Å²) in [5, 5.41) is 0. The predicted molar refractivity (Wildman–Crippen MR) is 137 cm³/mol. The molecule has 0 aliphatic rings. The maximum absolute atomic E-state index is 12.4. The normalized spacial score (nSPS) is 10.4. The summed E-state index contributed by atoms with van der Waals surface area (Å²) in [7, 11) is 3.03. The zero-order valence-electron chi connectivity index (χ0n) is 20.1. The lowest BCUT2D eigenvalue weighted by Gasteiger charge is -2.20. The largest absolute Gasteiger partial charge is 0.497 e. The van der Waals surface area contributed by atoms with Gasteiger partial charge in [-0.15, -0.1) is 0 Å². The van der Waals surface area contributed by atoms with Crippen LogP contribution in [-0.2, 0) is 13.2 Å². The topological polar surface area (TPSA) is 71.1 Å². The summed E-state index contributed by atoms with van der Waals surface area (Å²) in [6.07, 6.45) is 1.43. The number of aldehydes is 2. The molecule has 0 heterocycles. The van der Waals surface area contributed by atoms with Crippen molar-refractivity contribution in [2.45, 2.75) is 13.2 Å². The molecule has 36 heavy (non-hydrogen) atoms. The molecule has 0 saturated heterocycles. The van der Waals surface area contributed by atoms with Crippen LogP contribution >= 0.6 is 0 Å². The molecule has 0 bridgehead atoms. The molecule has 6 heteroatoms. The van der Waals surface area contributed by atoms with Gasteiger partial charge in [0.25, 0.3) is 0 Å². The van der Waals surface area contributed by atoms with E-state index in [1.54, 1.807) is 24.3 Å². The number of carbonyl (C=O) groups excluding carboxylic acids is 2. The smallest absolute Gasteiger partial charge is 0.172 e. The number of carbonyl (C=O) groups is 2. The van der Waals surface area contributed by atoms with Gasteiger partial charge in [0.05, 0.1) is 19.8 Å². The number of hydrogen-bond donors (Lipinski definition) is 0. The fraction of sp³-hybridized carbons (Fsp3) is 0.133. The summed E-state index contributed by atoms with van der Waals surface area (Å²) in [5.74, 6) is 1.56. The van der Waals surface area contributed by atoms with Crippen LogP contribution in [0.4, 0.5) is 0 Å². The highest BCUT2D eigenvalue weighted by Gasteiger charge is 2.23. The van der Waals surface area contributed by atoms with Crippen LogP contribution in [0, 0.1) is 0 Å². The highest BCUT2D eigenvalue weighted by Crippen LogP contribution is 2.43. The first-order valence-electron chi connectivity index (χ1n) is 11.4. The van der Waals surface area contributed by atoms with Crippen molar-refractivity contribution in [2.75, 3.05) is 14.2 Å². The first-order valence-corrected chi connectivity index (χ1v) is 11.4. The Bertz CT molecular complexity index is 1330. The Kier molecular flexibility index (Phi) is 7.98. The van der Waals surface area contributed by atoms with Crippen molar-refractivity contribution >= 4 is 12.6 Å². The van der Waals surface area contributed by atoms with Crippen molar-refractivity contribution < 1.29 is 28.5 Å². The third-order valence-corrected chi connectivity index (χ3v) is 5.70. The van der Waals surface area contributed by atoms with Crippen molar-refractivity contribution in [3.05, 3.63) is 107 Å². The Balaban J connectivity index is 1.82. The Morgan fingerprint density at radius 2 is 1.31 bits per heavy atom. The monoisotopic (exact) mass is 482 g/mol. The molecule has 0 saturated carbocycles. The van der Waals surface area contributed by atoms with Crippen LogP contribution in [0.15, 0.2) is 84.9 Å². The molecule has 0 aliphatic heterocycles. The van der Waals surface area contributed by atoms with Gasteiger partial charge in [-0.05, 0) is 29.3 Å². The van der Waals surface area contributed by atoms with Gasteiger partial charge in [0.15, 0.2) is 24.1 Å². The molecular formula is C30H26O6. The lowest BCUT2D eigenvalue weighted by molar-refractivity contribution is 0.111. The first-order chi connectivity index (χ1) is 17.7. The van der Waals surface area contributed by atoms with Crippen LogP contribution in [0.2, 0.25) is 0 Å². The number of benzene rings is 4. The van der Waals surface area contributed by atoms with E-state index >= 15 is 0 Å². The highest BCUT2D eigenvalue weighted by molar-refractivity contribution is 5.99. The number of methoxy groups -OCH3 is 2. The van der Waals surface area contributed by atoms with Crippen LogP contribution in [0.3, 0.4) is 0 Å². The summed E-state index contributed by atoms with van der Waals surface area (Å²) in [5.41, 5.74) is 3.42. The number of hydrogen-bond acceptors (Lipinski definition) is 6. The molecule has 0 fully saturated rings. The summed E-state index contributed by atoms with van der Waals surface area (Å²) >= 11 is 0. The second kappa shape index (κ2) is 11.7. The molecule has 0 N–H and O–H groups in total. The molecule has 0 atom stereocenters. The van der Waals surface area contributed by atoms with E-state index in [1.165, 1.54) is 14.2 Å². The van der Waals surface area contributed by atoms with Crippen LogP contribution in [-0.4, -0.2) is 26.8 Å². The van der Waals surface area contributed by atoms with E-state index in [-0.39, 0.29) is 24.5 Å². The highest BCUT2D eigenvalue weighted by atomic mass is 16.5. The van der Waals surface area contributed by atoms with Gasteiger partial charge in [0, 0.05) is 22.8 Å². The van der Waals surface area contributed by atoms with E-state index in [0.717, 1.165) is 17.4 Å². The molecule has 0 radical (unpaired) electrons. The second-order valence-electron chi connectivity index (χ2n) is 7.93. The SMILES string of the molecule is COc1cc(C=O)c(-c2ccc(OC)c(OCc3ccccc3)c2C=O)c(OCc2ccccc2)c1. The van der Waals surface area contributed by atoms with Crippen molar-refractivity contribution in [1.82, 2.24) is 0 Å². The van der Waals surface area contributed by atoms with Crippen molar-refractivity contribution in [3.8, 4) is 34.1 Å². The molecular weight excluding hydrogens is 456 g/mol. The quantitative estimate of drug-likeness (QED) is 0.239. The maximum atomic E-state index is 12.4. The Morgan fingerprint density at radius 1 is 0.667 bits per heavy atom. The molecule has 0 spiro atoms. The Labute approximate surface area is 210 Å². The Hall–Kier alpha value is -4.58. The van der Waals surface area contributed by atoms with Crippen LogP contribution in [0.5, 0.6) is 23.0 Å². The average Bonchev–Trinajstić information content (AvgIpc) is 2.94. The standard InChI is InChI=1S/C30H26O6/c1-33-24-15-23(17-31)29(28(16-24)35-19-21-9-5-3-6-10-21)25-13-14-27(34-2)30(26(25)18-32)36-20-22-11-7-4-8-12-22/h3-18H,19-20H2,1-2H3. The van der Waals surface area contributed by atoms with Crippen LogP contribution < -0.4 is 18.9 Å². The van der Waals surface area contributed by atoms with Gasteiger partial charge in [-0.3, -0.25) is 9.59 Å². The lowest BCUT2D eigenvalue weighted by Crippen LogP contribution is -2.05. The van der Waals surface area contributed by atoms with Crippen LogP contribution in [0.1, 0.15) is 31.8 Å². The molecule has 182 valence electrons. The van der Waals surface area contributed by atoms with Crippen LogP contribution in [0.25, 0.3) is 11.1 Å². The van der Waals surface area contributed by atoms with Gasteiger partial charge in [0.2, 0.25) is 0 Å². The third kappa shape index (κ3) is 5.39. The zero-order chi connectivity index (χ0) is 25.3. The van der Waals surface area contributed by atoms with E-state index in [0.29, 0.717) is 40.2 Å². The predicted octanol–water partition coefficient (Wildman–Crippen LogP) is 6.15. The third-order valence-electron chi connectivity index (χ3n) is 5.70. The van der Waals surface area contributed by atoms with Crippen molar-refractivity contribution in [1.29, 1.82) is 0 Å². The molecule has 6 nitrogen and oxygen atoms in total. The summed E-state index contributed by atoms with van der Waals surface area (Å²) in [6, 6.07) is 26.0. The van der Waals surface area contributed by atoms with E-state index in [9.17, 15) is 9.59 Å². The number of rotatable bonds is 11. The molecule has 4 aromatic carbocycles. The molecule has 0 amide bonds. The van der Waals surface area contributed by atoms with E-state index in [4.69, 9.17) is 18.9 Å². The molecule has 4 aromatic rings. The minimum atomic E-state index is 0.238. The minimum absolute atomic E-state index is 0.238. The summed E-state index contributed by atoms with van der Waals surface area (Å²) in [6.45, 7) is 0.505. The van der Waals surface area contributed by atoms with Gasteiger partial charge in [-0.2, -0.15) is 0 Å². The van der Waals surface area contributed by atoms with E-state index in [2.05, 4.69) is 0 Å². The van der Waals surface area contributed by atoms with E-state index < -0.39 is 0 Å². The fourth-order valence-corrected chi connectivity index (χ4v) is 3.91. The zero-order valence-corrected chi connectivity index (χ0v) is 20.1. The molecule has 0 aromatic heterocycles. The number of ether oxygens (including phenoxy) is 4. The van der Waals surface area contributed by atoms with Gasteiger partial charge in [-0.25, -0.2) is 0 Å². The van der Waals surface area contributed by atoms with E-state index in [1.807, 2.05) is 60.7 Å². The first kappa shape index (κ1) is 24.5. The average molecular weight is 483 g/mol. The van der Waals surface area contributed by atoms with Gasteiger partial charge >= 0.3 is 0 Å². The van der Waals surface area contributed by atoms with Gasteiger partial charge in [0.1, 0.15) is 24.7 Å². The summed E-state index contributed by atoms with van der Waals surface area (Å²) < 4.78 is 23.1. The minimum Gasteiger partial charge on any atom is -0.497 e. The maximum Gasteiger partial charge on any atom is 0.172 e. The summed E-state index contributed by atoms with van der Waals surface area (Å²) in [4.78, 5) is 24.6. The Morgan fingerprint density at radius 3 is 1.86 bits per heavy atom. The van der Waals surface area contributed by atoms with Gasteiger partial charge in [-0.1, -0.05) is 60.7 Å². The molecule has 4 rings (SSSR count).